The zero-order chi connectivity index (χ0) is 19.6. The van der Waals surface area contributed by atoms with Gasteiger partial charge < -0.3 is 14.7 Å². The Morgan fingerprint density at radius 1 is 1.04 bits per heavy atom. The lowest BCUT2D eigenvalue weighted by molar-refractivity contribution is -0.150. The van der Waals surface area contributed by atoms with Crippen molar-refractivity contribution in [2.45, 2.75) is 13.3 Å². The molecular weight excluding hydrogens is 346 g/mol. The summed E-state index contributed by atoms with van der Waals surface area (Å²) in [6.45, 7) is 2.45. The maximum atomic E-state index is 13.0. The molecule has 1 aliphatic heterocycles. The van der Waals surface area contributed by atoms with E-state index >= 15 is 0 Å². The van der Waals surface area contributed by atoms with Crippen LogP contribution in [0.5, 0.6) is 5.75 Å². The van der Waals surface area contributed by atoms with Gasteiger partial charge in [-0.1, -0.05) is 18.2 Å². The molecular formula is C21H21NO5. The van der Waals surface area contributed by atoms with Gasteiger partial charge in [0.05, 0.1) is 18.1 Å². The van der Waals surface area contributed by atoms with Crippen LogP contribution in [-0.4, -0.2) is 47.9 Å². The minimum Gasteiger partial charge on any atom is -0.508 e. The number of likely N-dealkylation sites (tertiary alicyclic amines) is 1. The molecule has 1 heterocycles. The molecule has 140 valence electrons. The standard InChI is InChI=1S/C21H21NO5/c1-21(20(26)27-2)11-12-22(13-21)19(25)17-6-4-3-5-16(17)18(24)14-7-9-15(23)10-8-14/h3-10,23H,11-13H2,1-2H3. The highest BCUT2D eigenvalue weighted by molar-refractivity contribution is 6.15. The number of carbonyl (C=O) groups excluding carboxylic acids is 3. The largest absolute Gasteiger partial charge is 0.508 e. The topological polar surface area (TPSA) is 83.9 Å². The molecule has 1 unspecified atom stereocenters. The summed E-state index contributed by atoms with van der Waals surface area (Å²) in [4.78, 5) is 39.5. The van der Waals surface area contributed by atoms with Crippen LogP contribution in [-0.2, 0) is 9.53 Å². The first-order valence-electron chi connectivity index (χ1n) is 8.66. The lowest BCUT2D eigenvalue weighted by Crippen LogP contribution is -2.36. The van der Waals surface area contributed by atoms with Gasteiger partial charge in [0, 0.05) is 24.2 Å². The second kappa shape index (κ2) is 7.23. The van der Waals surface area contributed by atoms with E-state index in [1.165, 1.54) is 31.4 Å². The third-order valence-corrected chi connectivity index (χ3v) is 4.97. The summed E-state index contributed by atoms with van der Waals surface area (Å²) >= 11 is 0. The summed E-state index contributed by atoms with van der Waals surface area (Å²) in [7, 11) is 1.34. The van der Waals surface area contributed by atoms with E-state index < -0.39 is 5.41 Å². The molecule has 3 rings (SSSR count). The van der Waals surface area contributed by atoms with Crippen molar-refractivity contribution in [2.24, 2.45) is 5.41 Å². The Morgan fingerprint density at radius 3 is 2.30 bits per heavy atom. The average Bonchev–Trinajstić information content (AvgIpc) is 3.10. The number of aromatic hydroxyl groups is 1. The van der Waals surface area contributed by atoms with Crippen molar-refractivity contribution in [2.75, 3.05) is 20.2 Å². The number of hydrogen-bond acceptors (Lipinski definition) is 5. The van der Waals surface area contributed by atoms with Gasteiger partial charge in [0.1, 0.15) is 5.75 Å². The van der Waals surface area contributed by atoms with E-state index in [1.54, 1.807) is 36.1 Å². The normalized spacial score (nSPS) is 19.0. The van der Waals surface area contributed by atoms with Gasteiger partial charge >= 0.3 is 5.97 Å². The number of phenolic OH excluding ortho intramolecular Hbond substituents is 1. The second-order valence-electron chi connectivity index (χ2n) is 6.95. The number of carbonyl (C=O) groups is 3. The lowest BCUT2D eigenvalue weighted by Gasteiger charge is -2.22. The molecule has 0 spiro atoms. The van der Waals surface area contributed by atoms with Crippen molar-refractivity contribution in [1.29, 1.82) is 0 Å². The summed E-state index contributed by atoms with van der Waals surface area (Å²) in [6, 6.07) is 12.5. The molecule has 2 aromatic rings. The van der Waals surface area contributed by atoms with E-state index in [4.69, 9.17) is 4.74 Å². The van der Waals surface area contributed by atoms with Gasteiger partial charge in [0.25, 0.3) is 5.91 Å². The summed E-state index contributed by atoms with van der Waals surface area (Å²) in [6.07, 6.45) is 0.513. The predicted molar refractivity (Wildman–Crippen MR) is 98.6 cm³/mol. The Kier molecular flexibility index (Phi) is 4.99. The molecule has 1 atom stereocenters. The quantitative estimate of drug-likeness (QED) is 0.663. The van der Waals surface area contributed by atoms with Crippen molar-refractivity contribution in [3.05, 3.63) is 65.2 Å². The van der Waals surface area contributed by atoms with Gasteiger partial charge in [0.15, 0.2) is 5.78 Å². The number of benzene rings is 2. The molecule has 6 nitrogen and oxygen atoms in total. The molecule has 6 heteroatoms. The van der Waals surface area contributed by atoms with Gasteiger partial charge in [-0.05, 0) is 43.7 Å². The van der Waals surface area contributed by atoms with Crippen LogP contribution in [0.3, 0.4) is 0 Å². The van der Waals surface area contributed by atoms with E-state index in [0.717, 1.165) is 0 Å². The number of hydrogen-bond donors (Lipinski definition) is 1. The highest BCUT2D eigenvalue weighted by Crippen LogP contribution is 2.32. The number of esters is 1. The fourth-order valence-electron chi connectivity index (χ4n) is 3.35. The van der Waals surface area contributed by atoms with Gasteiger partial charge in [-0.25, -0.2) is 0 Å². The summed E-state index contributed by atoms with van der Waals surface area (Å²) in [5.74, 6) is -0.861. The van der Waals surface area contributed by atoms with E-state index in [9.17, 15) is 19.5 Å². The number of ether oxygens (including phenoxy) is 1. The third kappa shape index (κ3) is 3.56. The Bertz CT molecular complexity index is 890. The summed E-state index contributed by atoms with van der Waals surface area (Å²) in [5, 5.41) is 9.40. The van der Waals surface area contributed by atoms with Gasteiger partial charge in [0.2, 0.25) is 0 Å². The predicted octanol–water partition coefficient (Wildman–Crippen LogP) is 2.65. The van der Waals surface area contributed by atoms with Crippen LogP contribution in [0.15, 0.2) is 48.5 Å². The summed E-state index contributed by atoms with van der Waals surface area (Å²) in [5.41, 5.74) is 0.235. The van der Waals surface area contributed by atoms with Crippen LogP contribution in [0.25, 0.3) is 0 Å². The van der Waals surface area contributed by atoms with E-state index in [0.29, 0.717) is 29.7 Å². The van der Waals surface area contributed by atoms with Crippen molar-refractivity contribution in [1.82, 2.24) is 4.90 Å². The first kappa shape index (κ1) is 18.6. The van der Waals surface area contributed by atoms with Crippen LogP contribution in [0, 0.1) is 5.41 Å². The van der Waals surface area contributed by atoms with Crippen LogP contribution >= 0.6 is 0 Å². The fourth-order valence-corrected chi connectivity index (χ4v) is 3.35. The Labute approximate surface area is 157 Å². The SMILES string of the molecule is COC(=O)C1(C)CCN(C(=O)c2ccccc2C(=O)c2ccc(O)cc2)C1. The molecule has 2 aromatic carbocycles. The zero-order valence-electron chi connectivity index (χ0n) is 15.3. The van der Waals surface area contributed by atoms with Gasteiger partial charge in [-0.2, -0.15) is 0 Å². The first-order chi connectivity index (χ1) is 12.9. The third-order valence-electron chi connectivity index (χ3n) is 4.97. The molecule has 0 aromatic heterocycles. The molecule has 1 N–H and O–H groups in total. The molecule has 0 saturated carbocycles. The maximum absolute atomic E-state index is 13.0. The van der Waals surface area contributed by atoms with Crippen LogP contribution in [0.2, 0.25) is 0 Å². The molecule has 0 aliphatic carbocycles. The Balaban J connectivity index is 1.88. The number of methoxy groups -OCH3 is 1. The fraction of sp³-hybridized carbons (Fsp3) is 0.286. The van der Waals surface area contributed by atoms with E-state index in [-0.39, 0.29) is 30.0 Å². The van der Waals surface area contributed by atoms with Crippen LogP contribution in [0.1, 0.15) is 39.6 Å². The Morgan fingerprint density at radius 2 is 1.67 bits per heavy atom. The second-order valence-corrected chi connectivity index (χ2v) is 6.95. The van der Waals surface area contributed by atoms with Gasteiger partial charge in [-0.3, -0.25) is 14.4 Å². The summed E-state index contributed by atoms with van der Waals surface area (Å²) < 4.78 is 4.85. The molecule has 1 amide bonds. The van der Waals surface area contributed by atoms with E-state index in [2.05, 4.69) is 0 Å². The van der Waals surface area contributed by atoms with Crippen molar-refractivity contribution in [3.8, 4) is 5.75 Å². The number of amides is 1. The van der Waals surface area contributed by atoms with Crippen LogP contribution in [0.4, 0.5) is 0 Å². The van der Waals surface area contributed by atoms with Gasteiger partial charge in [-0.15, -0.1) is 0 Å². The maximum Gasteiger partial charge on any atom is 0.313 e. The molecule has 0 bridgehead atoms. The molecule has 1 aliphatic rings. The lowest BCUT2D eigenvalue weighted by atomic mass is 9.90. The van der Waals surface area contributed by atoms with Crippen molar-refractivity contribution < 1.29 is 24.2 Å². The highest BCUT2D eigenvalue weighted by atomic mass is 16.5. The average molecular weight is 367 g/mol. The highest BCUT2D eigenvalue weighted by Gasteiger charge is 2.43. The van der Waals surface area contributed by atoms with Crippen LogP contribution < -0.4 is 0 Å². The zero-order valence-corrected chi connectivity index (χ0v) is 15.3. The molecule has 0 radical (unpaired) electrons. The van der Waals surface area contributed by atoms with Crippen molar-refractivity contribution in [3.63, 3.8) is 0 Å². The molecule has 1 saturated heterocycles. The number of ketones is 1. The minimum atomic E-state index is -0.736. The van der Waals surface area contributed by atoms with Crippen molar-refractivity contribution >= 4 is 17.7 Å². The first-order valence-corrected chi connectivity index (χ1v) is 8.66. The number of rotatable bonds is 4. The smallest absolute Gasteiger partial charge is 0.313 e. The Hall–Kier alpha value is -3.15. The minimum absolute atomic E-state index is 0.0649. The molecule has 1 fully saturated rings. The number of phenols is 1. The number of nitrogens with zero attached hydrogens (tertiary/aromatic N) is 1. The monoisotopic (exact) mass is 367 g/mol. The van der Waals surface area contributed by atoms with E-state index in [1.807, 2.05) is 0 Å². The molecule has 27 heavy (non-hydrogen) atoms.